The molecular weight excluding hydrogens is 262 g/mol. The fourth-order valence-electron chi connectivity index (χ4n) is 3.07. The molecule has 0 atom stereocenters. The van der Waals surface area contributed by atoms with Crippen molar-refractivity contribution in [2.45, 2.75) is 58.5 Å². The Kier molecular flexibility index (Phi) is 5.80. The lowest BCUT2D eigenvalue weighted by molar-refractivity contribution is -0.142. The summed E-state index contributed by atoms with van der Waals surface area (Å²) in [7, 11) is 0. The lowest BCUT2D eigenvalue weighted by atomic mass is 9.86. The summed E-state index contributed by atoms with van der Waals surface area (Å²) in [5.74, 6) is -0.0639. The van der Waals surface area contributed by atoms with Crippen LogP contribution in [-0.2, 0) is 17.8 Å². The first-order valence-electron chi connectivity index (χ1n) is 8.08. The number of benzene rings is 1. The Morgan fingerprint density at radius 2 is 1.71 bits per heavy atom. The molecule has 0 amide bonds. The lowest BCUT2D eigenvalue weighted by Crippen LogP contribution is -2.34. The van der Waals surface area contributed by atoms with E-state index in [0.717, 1.165) is 38.6 Å². The van der Waals surface area contributed by atoms with Gasteiger partial charge in [-0.15, -0.1) is 0 Å². The van der Waals surface area contributed by atoms with Crippen LogP contribution >= 0.6 is 0 Å². The minimum Gasteiger partial charge on any atom is -0.481 e. The maximum atomic E-state index is 10.9. The van der Waals surface area contributed by atoms with Crippen LogP contribution in [0.5, 0.6) is 0 Å². The van der Waals surface area contributed by atoms with Gasteiger partial charge in [-0.2, -0.15) is 0 Å². The van der Waals surface area contributed by atoms with Crippen molar-refractivity contribution in [2.75, 3.05) is 0 Å². The summed E-state index contributed by atoms with van der Waals surface area (Å²) in [6.45, 7) is 5.36. The van der Waals surface area contributed by atoms with Crippen LogP contribution in [0.1, 0.15) is 50.7 Å². The van der Waals surface area contributed by atoms with Crippen LogP contribution in [0.4, 0.5) is 0 Å². The van der Waals surface area contributed by atoms with Crippen molar-refractivity contribution < 1.29 is 9.90 Å². The van der Waals surface area contributed by atoms with Gasteiger partial charge in [0.15, 0.2) is 0 Å². The normalized spacial score (nSPS) is 22.4. The summed E-state index contributed by atoms with van der Waals surface area (Å²) in [5.41, 5.74) is 2.71. The van der Waals surface area contributed by atoms with Crippen molar-refractivity contribution in [3.05, 3.63) is 35.4 Å². The Morgan fingerprint density at radius 3 is 2.24 bits per heavy atom. The molecule has 1 aromatic rings. The van der Waals surface area contributed by atoms with E-state index in [0.29, 0.717) is 12.0 Å². The van der Waals surface area contributed by atoms with Crippen molar-refractivity contribution in [1.29, 1.82) is 0 Å². The number of carboxylic acids is 1. The molecule has 0 heterocycles. The van der Waals surface area contributed by atoms with E-state index in [4.69, 9.17) is 5.11 Å². The summed E-state index contributed by atoms with van der Waals surface area (Å²) in [5, 5.41) is 12.6. The van der Waals surface area contributed by atoms with Crippen molar-refractivity contribution in [1.82, 2.24) is 5.32 Å². The lowest BCUT2D eigenvalue weighted by Gasteiger charge is -2.27. The van der Waals surface area contributed by atoms with E-state index in [2.05, 4.69) is 43.4 Å². The SMILES string of the molecule is CC(C)Cc1ccc(CNC2CCC(C(=O)O)CC2)cc1. The highest BCUT2D eigenvalue weighted by atomic mass is 16.4. The topological polar surface area (TPSA) is 49.3 Å². The molecule has 0 radical (unpaired) electrons. The van der Waals surface area contributed by atoms with Crippen molar-refractivity contribution in [2.24, 2.45) is 11.8 Å². The van der Waals surface area contributed by atoms with Crippen molar-refractivity contribution in [3.8, 4) is 0 Å². The molecule has 116 valence electrons. The van der Waals surface area contributed by atoms with Crippen molar-refractivity contribution >= 4 is 5.97 Å². The van der Waals surface area contributed by atoms with Crippen LogP contribution < -0.4 is 5.32 Å². The van der Waals surface area contributed by atoms with Gasteiger partial charge in [0.1, 0.15) is 0 Å². The molecule has 3 heteroatoms. The van der Waals surface area contributed by atoms with Gasteiger partial charge < -0.3 is 10.4 Å². The molecular formula is C18H27NO2. The van der Waals surface area contributed by atoms with Gasteiger partial charge in [-0.3, -0.25) is 4.79 Å². The molecule has 0 unspecified atom stereocenters. The van der Waals surface area contributed by atoms with E-state index in [-0.39, 0.29) is 5.92 Å². The van der Waals surface area contributed by atoms with Gasteiger partial charge in [0, 0.05) is 12.6 Å². The second kappa shape index (κ2) is 7.60. The first-order chi connectivity index (χ1) is 10.0. The van der Waals surface area contributed by atoms with Gasteiger partial charge >= 0.3 is 5.97 Å². The Balaban J connectivity index is 1.75. The Bertz CT molecular complexity index is 445. The van der Waals surface area contributed by atoms with Crippen LogP contribution in [0.15, 0.2) is 24.3 Å². The van der Waals surface area contributed by atoms with Crippen LogP contribution in [0, 0.1) is 11.8 Å². The first-order valence-corrected chi connectivity index (χ1v) is 8.08. The van der Waals surface area contributed by atoms with E-state index in [1.54, 1.807) is 0 Å². The van der Waals surface area contributed by atoms with E-state index in [1.165, 1.54) is 11.1 Å². The molecule has 1 aliphatic rings. The minimum atomic E-state index is -0.630. The van der Waals surface area contributed by atoms with E-state index >= 15 is 0 Å². The summed E-state index contributed by atoms with van der Waals surface area (Å²) in [6.07, 6.45) is 4.69. The summed E-state index contributed by atoms with van der Waals surface area (Å²) in [4.78, 5) is 10.9. The fraction of sp³-hybridized carbons (Fsp3) is 0.611. The molecule has 0 aromatic heterocycles. The van der Waals surface area contributed by atoms with Crippen LogP contribution in [0.2, 0.25) is 0 Å². The van der Waals surface area contributed by atoms with Crippen LogP contribution in [0.25, 0.3) is 0 Å². The van der Waals surface area contributed by atoms with E-state index in [1.807, 2.05) is 0 Å². The van der Waals surface area contributed by atoms with Crippen molar-refractivity contribution in [3.63, 3.8) is 0 Å². The molecule has 0 aliphatic heterocycles. The molecule has 0 spiro atoms. The number of rotatable bonds is 6. The highest BCUT2D eigenvalue weighted by molar-refractivity contribution is 5.70. The summed E-state index contributed by atoms with van der Waals surface area (Å²) < 4.78 is 0. The quantitative estimate of drug-likeness (QED) is 0.841. The molecule has 21 heavy (non-hydrogen) atoms. The van der Waals surface area contributed by atoms with E-state index in [9.17, 15) is 4.79 Å². The predicted octanol–water partition coefficient (Wildman–Crippen LogP) is 3.62. The second-order valence-electron chi connectivity index (χ2n) is 6.68. The Morgan fingerprint density at radius 1 is 1.14 bits per heavy atom. The third-order valence-corrected chi connectivity index (χ3v) is 4.34. The number of carboxylic acid groups (broad SMARTS) is 1. The molecule has 2 rings (SSSR count). The van der Waals surface area contributed by atoms with Gasteiger partial charge in [0.05, 0.1) is 5.92 Å². The maximum Gasteiger partial charge on any atom is 0.306 e. The number of aliphatic carboxylic acids is 1. The average molecular weight is 289 g/mol. The molecule has 1 aliphatic carbocycles. The van der Waals surface area contributed by atoms with Crippen LogP contribution in [-0.4, -0.2) is 17.1 Å². The number of hydrogen-bond donors (Lipinski definition) is 2. The third-order valence-electron chi connectivity index (χ3n) is 4.34. The monoisotopic (exact) mass is 289 g/mol. The highest BCUT2D eigenvalue weighted by Crippen LogP contribution is 2.24. The summed E-state index contributed by atoms with van der Waals surface area (Å²) >= 11 is 0. The second-order valence-corrected chi connectivity index (χ2v) is 6.68. The van der Waals surface area contributed by atoms with E-state index < -0.39 is 5.97 Å². The Labute approximate surface area is 127 Å². The molecule has 0 bridgehead atoms. The number of nitrogens with one attached hydrogen (secondary N) is 1. The highest BCUT2D eigenvalue weighted by Gasteiger charge is 2.25. The van der Waals surface area contributed by atoms with Gasteiger partial charge in [0.25, 0.3) is 0 Å². The standard InChI is InChI=1S/C18H27NO2/c1-13(2)11-14-3-5-15(6-4-14)12-19-17-9-7-16(8-10-17)18(20)21/h3-6,13,16-17,19H,7-12H2,1-2H3,(H,20,21). The third kappa shape index (κ3) is 5.16. The smallest absolute Gasteiger partial charge is 0.306 e. The summed E-state index contributed by atoms with van der Waals surface area (Å²) in [6, 6.07) is 9.31. The average Bonchev–Trinajstić information content (AvgIpc) is 2.46. The number of carbonyl (C=O) groups is 1. The first kappa shape index (κ1) is 16.0. The molecule has 3 nitrogen and oxygen atoms in total. The predicted molar refractivity (Wildman–Crippen MR) is 85.2 cm³/mol. The van der Waals surface area contributed by atoms with Gasteiger partial charge in [0.2, 0.25) is 0 Å². The maximum absolute atomic E-state index is 10.9. The van der Waals surface area contributed by atoms with Gasteiger partial charge in [-0.25, -0.2) is 0 Å². The molecule has 2 N–H and O–H groups in total. The minimum absolute atomic E-state index is 0.127. The zero-order valence-electron chi connectivity index (χ0n) is 13.1. The Hall–Kier alpha value is -1.35. The van der Waals surface area contributed by atoms with Gasteiger partial charge in [-0.05, 0) is 49.1 Å². The molecule has 1 aromatic carbocycles. The molecule has 0 saturated heterocycles. The zero-order chi connectivity index (χ0) is 15.2. The fourth-order valence-corrected chi connectivity index (χ4v) is 3.07. The largest absolute Gasteiger partial charge is 0.481 e. The zero-order valence-corrected chi connectivity index (χ0v) is 13.1. The number of hydrogen-bond acceptors (Lipinski definition) is 2. The molecule has 1 saturated carbocycles. The van der Waals surface area contributed by atoms with Crippen LogP contribution in [0.3, 0.4) is 0 Å². The molecule has 1 fully saturated rings. The van der Waals surface area contributed by atoms with Gasteiger partial charge in [-0.1, -0.05) is 38.1 Å².